The van der Waals surface area contributed by atoms with E-state index in [2.05, 4.69) is 4.98 Å². The quantitative estimate of drug-likeness (QED) is 0.759. The van der Waals surface area contributed by atoms with Crippen LogP contribution in [0.4, 0.5) is 4.39 Å². The summed E-state index contributed by atoms with van der Waals surface area (Å²) < 4.78 is 13.8. The molecule has 1 heterocycles. The molecule has 0 aliphatic rings. The Morgan fingerprint density at radius 3 is 2.58 bits per heavy atom. The van der Waals surface area contributed by atoms with Crippen molar-refractivity contribution >= 4 is 10.8 Å². The normalized spacial score (nSPS) is 12.5. The van der Waals surface area contributed by atoms with Gasteiger partial charge in [0.15, 0.2) is 0 Å². The zero-order chi connectivity index (χ0) is 13.2. The second kappa shape index (κ2) is 4.78. The SMILES string of the molecule is NC(c1ccncc1F)c1cccc2ccccc12. The zero-order valence-corrected chi connectivity index (χ0v) is 10.3. The molecule has 3 rings (SSSR count). The van der Waals surface area contributed by atoms with Gasteiger partial charge in [-0.15, -0.1) is 0 Å². The van der Waals surface area contributed by atoms with Crippen LogP contribution in [0.1, 0.15) is 17.2 Å². The van der Waals surface area contributed by atoms with Crippen LogP contribution in [0.3, 0.4) is 0 Å². The van der Waals surface area contributed by atoms with Crippen molar-refractivity contribution in [2.75, 3.05) is 0 Å². The van der Waals surface area contributed by atoms with Gasteiger partial charge in [-0.1, -0.05) is 42.5 Å². The lowest BCUT2D eigenvalue weighted by Gasteiger charge is -2.15. The molecular formula is C16H13FN2. The van der Waals surface area contributed by atoms with Crippen LogP contribution in [-0.2, 0) is 0 Å². The number of rotatable bonds is 2. The number of hydrogen-bond donors (Lipinski definition) is 1. The van der Waals surface area contributed by atoms with Crippen molar-refractivity contribution in [1.82, 2.24) is 4.98 Å². The average Bonchev–Trinajstić information content (AvgIpc) is 2.46. The van der Waals surface area contributed by atoms with Crippen LogP contribution in [0.2, 0.25) is 0 Å². The second-order valence-corrected chi connectivity index (χ2v) is 4.44. The summed E-state index contributed by atoms with van der Waals surface area (Å²) in [5.41, 5.74) is 7.60. The van der Waals surface area contributed by atoms with Crippen molar-refractivity contribution in [3.8, 4) is 0 Å². The first kappa shape index (κ1) is 11.8. The molecule has 0 saturated carbocycles. The van der Waals surface area contributed by atoms with Gasteiger partial charge in [0.1, 0.15) is 5.82 Å². The van der Waals surface area contributed by atoms with Crippen LogP contribution in [0.15, 0.2) is 60.9 Å². The minimum Gasteiger partial charge on any atom is -0.320 e. The molecule has 0 fully saturated rings. The van der Waals surface area contributed by atoms with E-state index in [1.807, 2.05) is 42.5 Å². The highest BCUT2D eigenvalue weighted by Crippen LogP contribution is 2.28. The molecule has 0 saturated heterocycles. The van der Waals surface area contributed by atoms with Crippen LogP contribution in [-0.4, -0.2) is 4.98 Å². The van der Waals surface area contributed by atoms with Crippen LogP contribution < -0.4 is 5.73 Å². The summed E-state index contributed by atoms with van der Waals surface area (Å²) >= 11 is 0. The van der Waals surface area contributed by atoms with Gasteiger partial charge in [-0.05, 0) is 22.4 Å². The van der Waals surface area contributed by atoms with E-state index in [1.165, 1.54) is 6.20 Å². The number of fused-ring (bicyclic) bond motifs is 1. The molecule has 0 radical (unpaired) electrons. The van der Waals surface area contributed by atoms with Crippen LogP contribution >= 0.6 is 0 Å². The van der Waals surface area contributed by atoms with Crippen molar-refractivity contribution in [2.24, 2.45) is 5.73 Å². The van der Waals surface area contributed by atoms with Gasteiger partial charge in [0, 0.05) is 11.8 Å². The lowest BCUT2D eigenvalue weighted by Crippen LogP contribution is -2.14. The monoisotopic (exact) mass is 252 g/mol. The number of hydrogen-bond acceptors (Lipinski definition) is 2. The summed E-state index contributed by atoms with van der Waals surface area (Å²) in [6, 6.07) is 15.0. The van der Waals surface area contributed by atoms with Crippen LogP contribution in [0.5, 0.6) is 0 Å². The largest absolute Gasteiger partial charge is 0.320 e. The first-order chi connectivity index (χ1) is 9.27. The Bertz CT molecular complexity index is 719. The van der Waals surface area contributed by atoms with E-state index in [4.69, 9.17) is 5.73 Å². The molecule has 1 aromatic heterocycles. The van der Waals surface area contributed by atoms with E-state index in [0.717, 1.165) is 16.3 Å². The molecule has 0 amide bonds. The van der Waals surface area contributed by atoms with E-state index in [0.29, 0.717) is 5.56 Å². The van der Waals surface area contributed by atoms with Gasteiger partial charge in [0.2, 0.25) is 0 Å². The van der Waals surface area contributed by atoms with Gasteiger partial charge in [-0.3, -0.25) is 4.98 Å². The Morgan fingerprint density at radius 1 is 0.947 bits per heavy atom. The molecule has 2 N–H and O–H groups in total. The fraction of sp³-hybridized carbons (Fsp3) is 0.0625. The predicted molar refractivity (Wildman–Crippen MR) is 74.2 cm³/mol. The Kier molecular flexibility index (Phi) is 2.97. The van der Waals surface area contributed by atoms with E-state index >= 15 is 0 Å². The number of aromatic nitrogens is 1. The van der Waals surface area contributed by atoms with Gasteiger partial charge in [-0.25, -0.2) is 4.39 Å². The Morgan fingerprint density at radius 2 is 1.74 bits per heavy atom. The average molecular weight is 252 g/mol. The maximum Gasteiger partial charge on any atom is 0.146 e. The van der Waals surface area contributed by atoms with Crippen molar-refractivity contribution in [3.05, 3.63) is 77.9 Å². The zero-order valence-electron chi connectivity index (χ0n) is 10.3. The molecule has 94 valence electrons. The highest BCUT2D eigenvalue weighted by molar-refractivity contribution is 5.86. The van der Waals surface area contributed by atoms with Crippen LogP contribution in [0, 0.1) is 5.82 Å². The minimum atomic E-state index is -0.492. The molecule has 0 aliphatic heterocycles. The van der Waals surface area contributed by atoms with E-state index in [-0.39, 0.29) is 5.82 Å². The number of pyridine rings is 1. The van der Waals surface area contributed by atoms with Gasteiger partial charge in [-0.2, -0.15) is 0 Å². The number of nitrogens with zero attached hydrogens (tertiary/aromatic N) is 1. The number of halogens is 1. The number of nitrogens with two attached hydrogens (primary N) is 1. The maximum absolute atomic E-state index is 13.8. The molecule has 2 aromatic carbocycles. The molecule has 1 atom stereocenters. The molecule has 1 unspecified atom stereocenters. The summed E-state index contributed by atoms with van der Waals surface area (Å²) in [7, 11) is 0. The third-order valence-corrected chi connectivity index (χ3v) is 3.30. The first-order valence-corrected chi connectivity index (χ1v) is 6.10. The Hall–Kier alpha value is -2.26. The fourth-order valence-corrected chi connectivity index (χ4v) is 2.33. The lowest BCUT2D eigenvalue weighted by molar-refractivity contribution is 0.594. The summed E-state index contributed by atoms with van der Waals surface area (Å²) in [6.45, 7) is 0. The Labute approximate surface area is 110 Å². The molecular weight excluding hydrogens is 239 g/mol. The molecule has 3 aromatic rings. The molecule has 0 aliphatic carbocycles. The lowest BCUT2D eigenvalue weighted by atomic mass is 9.95. The van der Waals surface area contributed by atoms with Gasteiger partial charge in [0.05, 0.1) is 12.2 Å². The highest BCUT2D eigenvalue weighted by Gasteiger charge is 2.15. The summed E-state index contributed by atoms with van der Waals surface area (Å²) in [4.78, 5) is 3.75. The second-order valence-electron chi connectivity index (χ2n) is 4.44. The summed E-state index contributed by atoms with van der Waals surface area (Å²) in [5.74, 6) is -0.372. The smallest absolute Gasteiger partial charge is 0.146 e. The number of benzene rings is 2. The standard InChI is InChI=1S/C16H13FN2/c17-15-10-19-9-8-14(15)16(18)13-7-3-5-11-4-1-2-6-12(11)13/h1-10,16H,18H2. The maximum atomic E-state index is 13.8. The summed E-state index contributed by atoms with van der Waals surface area (Å²) in [6.07, 6.45) is 2.75. The van der Waals surface area contributed by atoms with E-state index in [9.17, 15) is 4.39 Å². The molecule has 3 heteroatoms. The van der Waals surface area contributed by atoms with E-state index in [1.54, 1.807) is 12.3 Å². The molecule has 0 bridgehead atoms. The summed E-state index contributed by atoms with van der Waals surface area (Å²) in [5, 5.41) is 2.15. The highest BCUT2D eigenvalue weighted by atomic mass is 19.1. The first-order valence-electron chi connectivity index (χ1n) is 6.10. The molecule has 2 nitrogen and oxygen atoms in total. The third kappa shape index (κ3) is 2.09. The van der Waals surface area contributed by atoms with E-state index < -0.39 is 6.04 Å². The van der Waals surface area contributed by atoms with Crippen molar-refractivity contribution in [2.45, 2.75) is 6.04 Å². The Balaban J connectivity index is 2.17. The van der Waals surface area contributed by atoms with Crippen molar-refractivity contribution < 1.29 is 4.39 Å². The van der Waals surface area contributed by atoms with Gasteiger partial charge < -0.3 is 5.73 Å². The van der Waals surface area contributed by atoms with Gasteiger partial charge in [0.25, 0.3) is 0 Å². The minimum absolute atomic E-state index is 0.372. The predicted octanol–water partition coefficient (Wildman–Crippen LogP) is 3.42. The van der Waals surface area contributed by atoms with Crippen LogP contribution in [0.25, 0.3) is 10.8 Å². The third-order valence-electron chi connectivity index (χ3n) is 3.30. The van der Waals surface area contributed by atoms with Gasteiger partial charge >= 0.3 is 0 Å². The van der Waals surface area contributed by atoms with Crippen molar-refractivity contribution in [3.63, 3.8) is 0 Å². The molecule has 19 heavy (non-hydrogen) atoms. The topological polar surface area (TPSA) is 38.9 Å². The fourth-order valence-electron chi connectivity index (χ4n) is 2.33. The molecule has 0 spiro atoms. The van der Waals surface area contributed by atoms with Crippen molar-refractivity contribution in [1.29, 1.82) is 0 Å².